The van der Waals surface area contributed by atoms with E-state index in [9.17, 15) is 4.79 Å². The highest BCUT2D eigenvalue weighted by atomic mass is 32.1. The molecule has 2 rings (SSSR count). The summed E-state index contributed by atoms with van der Waals surface area (Å²) in [7, 11) is 0. The average molecular weight is 389 g/mol. The summed E-state index contributed by atoms with van der Waals surface area (Å²) < 4.78 is 0. The molecule has 0 unspecified atom stereocenters. The number of nitrogens with zero attached hydrogens (tertiary/aromatic N) is 2. The molecule has 0 amide bonds. The molecule has 0 fully saturated rings. The third kappa shape index (κ3) is 7.06. The van der Waals surface area contributed by atoms with E-state index in [0.717, 1.165) is 23.5 Å². The van der Waals surface area contributed by atoms with Gasteiger partial charge in [0.15, 0.2) is 6.61 Å². The molecule has 0 bridgehead atoms. The Kier molecular flexibility index (Phi) is 8.84. The zero-order valence-corrected chi connectivity index (χ0v) is 16.9. The minimum atomic E-state index is -0.915. The number of oxime groups is 1. The van der Waals surface area contributed by atoms with Crippen LogP contribution in [0.25, 0.3) is 0 Å². The number of anilines is 1. The maximum atomic E-state index is 10.9. The minimum Gasteiger partial charge on any atom is -0.477 e. The first kappa shape index (κ1) is 21.0. The van der Waals surface area contributed by atoms with Crippen molar-refractivity contribution in [2.75, 3.05) is 18.0 Å². The van der Waals surface area contributed by atoms with Gasteiger partial charge in [-0.15, -0.1) is 11.3 Å². The number of hydrogen-bond acceptors (Lipinski definition) is 5. The molecule has 1 aromatic carbocycles. The highest BCUT2D eigenvalue weighted by Crippen LogP contribution is 2.18. The standard InChI is InChI=1S/C21H28N2O3S/c1-3-5-13-23(14-6-4-2)18-9-7-17(8-10-18)15-22-26-16-19-11-12-20(27-19)21(24)25/h7-12,15H,3-6,13-14,16H2,1-2H3,(H,24,25). The predicted molar refractivity (Wildman–Crippen MR) is 112 cm³/mol. The van der Waals surface area contributed by atoms with Gasteiger partial charge in [-0.05, 0) is 42.7 Å². The quantitative estimate of drug-likeness (QED) is 0.390. The van der Waals surface area contributed by atoms with E-state index in [2.05, 4.69) is 36.0 Å². The molecule has 0 radical (unpaired) electrons. The first-order valence-corrected chi connectivity index (χ1v) is 10.3. The molecule has 1 aromatic heterocycles. The molecular formula is C21H28N2O3S. The lowest BCUT2D eigenvalue weighted by atomic mass is 10.2. The van der Waals surface area contributed by atoms with Gasteiger partial charge in [0, 0.05) is 23.7 Å². The lowest BCUT2D eigenvalue weighted by molar-refractivity contribution is 0.0702. The smallest absolute Gasteiger partial charge is 0.345 e. The first-order valence-electron chi connectivity index (χ1n) is 9.46. The van der Waals surface area contributed by atoms with Crippen LogP contribution in [0, 0.1) is 0 Å². The largest absolute Gasteiger partial charge is 0.477 e. The lowest BCUT2D eigenvalue weighted by Gasteiger charge is -2.24. The molecule has 5 nitrogen and oxygen atoms in total. The molecule has 1 N–H and O–H groups in total. The van der Waals surface area contributed by atoms with Gasteiger partial charge in [-0.3, -0.25) is 0 Å². The topological polar surface area (TPSA) is 62.1 Å². The Balaban J connectivity index is 1.87. The van der Waals surface area contributed by atoms with Crippen molar-refractivity contribution in [2.45, 2.75) is 46.1 Å². The fourth-order valence-electron chi connectivity index (χ4n) is 2.61. The number of thiophene rings is 1. The lowest BCUT2D eigenvalue weighted by Crippen LogP contribution is -2.25. The van der Waals surface area contributed by atoms with Gasteiger partial charge in [-0.1, -0.05) is 44.0 Å². The van der Waals surface area contributed by atoms with Crippen LogP contribution in [0.5, 0.6) is 0 Å². The van der Waals surface area contributed by atoms with E-state index in [-0.39, 0.29) is 6.61 Å². The molecule has 0 atom stereocenters. The van der Waals surface area contributed by atoms with Crippen molar-refractivity contribution in [3.8, 4) is 0 Å². The molecule has 0 spiro atoms. The Morgan fingerprint density at radius 2 is 1.78 bits per heavy atom. The molecule has 6 heteroatoms. The molecule has 27 heavy (non-hydrogen) atoms. The Labute approximate surface area is 165 Å². The van der Waals surface area contributed by atoms with Crippen LogP contribution in [-0.4, -0.2) is 30.4 Å². The maximum Gasteiger partial charge on any atom is 0.345 e. The molecular weight excluding hydrogens is 360 g/mol. The summed E-state index contributed by atoms with van der Waals surface area (Å²) in [6.07, 6.45) is 6.48. The van der Waals surface area contributed by atoms with Gasteiger partial charge in [0.05, 0.1) is 6.21 Å². The van der Waals surface area contributed by atoms with E-state index in [1.165, 1.54) is 42.7 Å². The number of carboxylic acids is 1. The fourth-order valence-corrected chi connectivity index (χ4v) is 3.36. The van der Waals surface area contributed by atoms with E-state index in [0.29, 0.717) is 4.88 Å². The highest BCUT2D eigenvalue weighted by molar-refractivity contribution is 7.13. The van der Waals surface area contributed by atoms with Gasteiger partial charge in [0.1, 0.15) is 4.88 Å². The van der Waals surface area contributed by atoms with Crippen LogP contribution in [0.15, 0.2) is 41.6 Å². The number of benzene rings is 1. The summed E-state index contributed by atoms with van der Waals surface area (Å²) >= 11 is 1.20. The number of rotatable bonds is 12. The highest BCUT2D eigenvalue weighted by Gasteiger charge is 2.07. The number of carbonyl (C=O) groups is 1. The second kappa shape index (κ2) is 11.4. The van der Waals surface area contributed by atoms with E-state index < -0.39 is 5.97 Å². The van der Waals surface area contributed by atoms with Crippen LogP contribution in [0.2, 0.25) is 0 Å². The molecule has 0 saturated heterocycles. The molecule has 146 valence electrons. The maximum absolute atomic E-state index is 10.9. The molecule has 0 aliphatic heterocycles. The second-order valence-corrected chi connectivity index (χ2v) is 7.53. The summed E-state index contributed by atoms with van der Waals surface area (Å²) in [5, 5.41) is 12.9. The number of carboxylic acid groups (broad SMARTS) is 1. The summed E-state index contributed by atoms with van der Waals surface area (Å²) in [6.45, 7) is 6.89. The fraction of sp³-hybridized carbons (Fsp3) is 0.429. The van der Waals surface area contributed by atoms with E-state index in [4.69, 9.17) is 9.94 Å². The monoisotopic (exact) mass is 388 g/mol. The van der Waals surface area contributed by atoms with Gasteiger partial charge >= 0.3 is 5.97 Å². The summed E-state index contributed by atoms with van der Waals surface area (Å²) in [5.41, 5.74) is 2.22. The van der Waals surface area contributed by atoms with E-state index in [1.54, 1.807) is 18.3 Å². The second-order valence-electron chi connectivity index (χ2n) is 6.36. The van der Waals surface area contributed by atoms with E-state index in [1.807, 2.05) is 12.1 Å². The third-order valence-electron chi connectivity index (χ3n) is 4.18. The molecule has 0 saturated carbocycles. The van der Waals surface area contributed by atoms with Crippen molar-refractivity contribution in [1.29, 1.82) is 0 Å². The van der Waals surface area contributed by atoms with E-state index >= 15 is 0 Å². The average Bonchev–Trinajstić information content (AvgIpc) is 3.15. The predicted octanol–water partition coefficient (Wildman–Crippen LogP) is 5.40. The first-order chi connectivity index (χ1) is 13.1. The molecule has 0 aliphatic rings. The van der Waals surface area contributed by atoms with Crippen molar-refractivity contribution in [2.24, 2.45) is 5.16 Å². The zero-order valence-electron chi connectivity index (χ0n) is 16.1. The van der Waals surface area contributed by atoms with Crippen LogP contribution >= 0.6 is 11.3 Å². The Bertz CT molecular complexity index is 717. The zero-order chi connectivity index (χ0) is 19.5. The van der Waals surface area contributed by atoms with Crippen LogP contribution in [0.1, 0.15) is 59.6 Å². The summed E-state index contributed by atoms with van der Waals surface area (Å²) in [5.74, 6) is -0.915. The molecule has 2 aromatic rings. The van der Waals surface area contributed by atoms with Gasteiger partial charge in [-0.2, -0.15) is 0 Å². The van der Waals surface area contributed by atoms with Crippen molar-refractivity contribution in [3.05, 3.63) is 51.7 Å². The Hall–Kier alpha value is -2.34. The van der Waals surface area contributed by atoms with Gasteiger partial charge < -0.3 is 14.8 Å². The van der Waals surface area contributed by atoms with Crippen molar-refractivity contribution in [1.82, 2.24) is 0 Å². The SMILES string of the molecule is CCCCN(CCCC)c1ccc(C=NOCc2ccc(C(=O)O)s2)cc1. The van der Waals surface area contributed by atoms with Gasteiger partial charge in [-0.25, -0.2) is 4.79 Å². The molecule has 1 heterocycles. The Morgan fingerprint density at radius 1 is 1.11 bits per heavy atom. The third-order valence-corrected chi connectivity index (χ3v) is 5.22. The summed E-state index contributed by atoms with van der Waals surface area (Å²) in [4.78, 5) is 19.7. The van der Waals surface area contributed by atoms with Crippen molar-refractivity contribution in [3.63, 3.8) is 0 Å². The minimum absolute atomic E-state index is 0.272. The number of unbranched alkanes of at least 4 members (excludes halogenated alkanes) is 2. The summed E-state index contributed by atoms with van der Waals surface area (Å²) in [6, 6.07) is 11.7. The van der Waals surface area contributed by atoms with Gasteiger partial charge in [0.2, 0.25) is 0 Å². The van der Waals surface area contributed by atoms with Gasteiger partial charge in [0.25, 0.3) is 0 Å². The van der Waals surface area contributed by atoms with Crippen molar-refractivity contribution < 1.29 is 14.7 Å². The number of hydrogen-bond donors (Lipinski definition) is 1. The number of aromatic carboxylic acids is 1. The van der Waals surface area contributed by atoms with Crippen LogP contribution in [0.4, 0.5) is 5.69 Å². The molecule has 0 aliphatic carbocycles. The van der Waals surface area contributed by atoms with Crippen LogP contribution < -0.4 is 4.90 Å². The normalized spacial score (nSPS) is 11.0. The Morgan fingerprint density at radius 3 is 2.33 bits per heavy atom. The van der Waals surface area contributed by atoms with Crippen molar-refractivity contribution >= 4 is 29.2 Å². The van der Waals surface area contributed by atoms with Crippen LogP contribution in [-0.2, 0) is 11.4 Å². The van der Waals surface area contributed by atoms with Crippen LogP contribution in [0.3, 0.4) is 0 Å².